The summed E-state index contributed by atoms with van der Waals surface area (Å²) in [5.74, 6) is -0.521. The molecule has 0 fully saturated rings. The van der Waals surface area contributed by atoms with Gasteiger partial charge in [0, 0.05) is 0 Å². The Morgan fingerprint density at radius 2 is 1.09 bits per heavy atom. The number of carbonyl (C=O) groups is 1. The van der Waals surface area contributed by atoms with Crippen LogP contribution in [0.4, 0.5) is 0 Å². The van der Waals surface area contributed by atoms with Crippen molar-refractivity contribution in [1.29, 1.82) is 0 Å². The SMILES string of the molecule is CCCCCCCCCCCCCCCCCC(=O)[O][Ti](=[O])[OH]. The summed E-state index contributed by atoms with van der Waals surface area (Å²) in [5, 5.41) is 0. The Morgan fingerprint density at radius 3 is 1.43 bits per heavy atom. The minimum atomic E-state index is -3.66. The van der Waals surface area contributed by atoms with E-state index in [1.54, 1.807) is 0 Å². The van der Waals surface area contributed by atoms with Gasteiger partial charge in [0.25, 0.3) is 0 Å². The average molecular weight is 364 g/mol. The Hall–Kier alpha value is -0.0557. The molecule has 136 valence electrons. The summed E-state index contributed by atoms with van der Waals surface area (Å²) in [6.07, 6.45) is 19.5. The standard InChI is InChI=1S/C18H36O2.H2O.O.Ti/c1-2-3-4-5-6-7-8-9-10-11-12-13-14-15-16-17-18(19)20;;;/h2-17H2,1H3,(H,19,20);1H2;;/q;;;+2/p-2. The quantitative estimate of drug-likeness (QED) is 0.270. The van der Waals surface area contributed by atoms with Crippen LogP contribution in [-0.2, 0) is 30.1 Å². The van der Waals surface area contributed by atoms with E-state index in [0.717, 1.165) is 19.3 Å². The van der Waals surface area contributed by atoms with E-state index in [2.05, 4.69) is 10.2 Å². The molecule has 0 unspecified atom stereocenters. The van der Waals surface area contributed by atoms with Crippen LogP contribution in [0.1, 0.15) is 110 Å². The predicted octanol–water partition coefficient (Wildman–Crippen LogP) is 5.58. The van der Waals surface area contributed by atoms with Crippen LogP contribution in [0.15, 0.2) is 0 Å². The van der Waals surface area contributed by atoms with Gasteiger partial charge in [0.2, 0.25) is 0 Å². The fraction of sp³-hybridized carbons (Fsp3) is 0.944. The van der Waals surface area contributed by atoms with Crippen molar-refractivity contribution in [3.63, 3.8) is 0 Å². The van der Waals surface area contributed by atoms with Crippen LogP contribution in [0.2, 0.25) is 0 Å². The first-order valence-electron chi connectivity index (χ1n) is 9.60. The maximum atomic E-state index is 11.0. The molecule has 4 nitrogen and oxygen atoms in total. The molecular formula is C18H36O4Ti. The number of carbonyl (C=O) groups excluding carboxylic acids is 1. The normalized spacial score (nSPS) is 10.7. The van der Waals surface area contributed by atoms with Crippen LogP contribution in [0.5, 0.6) is 0 Å². The molecule has 0 rings (SSSR count). The first-order chi connectivity index (χ1) is 11.2. The first kappa shape index (κ1) is 22.9. The Bertz CT molecular complexity index is 295. The molecule has 0 atom stereocenters. The fourth-order valence-electron chi connectivity index (χ4n) is 2.79. The van der Waals surface area contributed by atoms with Crippen molar-refractivity contribution in [3.05, 3.63) is 0 Å². The van der Waals surface area contributed by atoms with Gasteiger partial charge in [0.1, 0.15) is 0 Å². The molecule has 0 aromatic rings. The van der Waals surface area contributed by atoms with E-state index in [1.165, 1.54) is 77.0 Å². The summed E-state index contributed by atoms with van der Waals surface area (Å²) in [6, 6.07) is 0. The second kappa shape index (κ2) is 18.3. The first-order valence-corrected chi connectivity index (χ1v) is 11.6. The topological polar surface area (TPSA) is 63.6 Å². The van der Waals surface area contributed by atoms with Gasteiger partial charge < -0.3 is 0 Å². The zero-order valence-electron chi connectivity index (χ0n) is 15.0. The van der Waals surface area contributed by atoms with Gasteiger partial charge in [0.05, 0.1) is 0 Å². The van der Waals surface area contributed by atoms with Gasteiger partial charge in [-0.1, -0.05) is 45.4 Å². The number of unbranched alkanes of at least 4 members (excludes halogenated alkanes) is 14. The summed E-state index contributed by atoms with van der Waals surface area (Å²) in [4.78, 5) is 11.0. The summed E-state index contributed by atoms with van der Waals surface area (Å²) < 4.78 is 23.2. The van der Waals surface area contributed by atoms with Crippen molar-refractivity contribution in [2.45, 2.75) is 110 Å². The third-order valence-electron chi connectivity index (χ3n) is 4.19. The molecule has 0 amide bonds. The van der Waals surface area contributed by atoms with Gasteiger partial charge in [0.15, 0.2) is 0 Å². The van der Waals surface area contributed by atoms with Crippen molar-refractivity contribution in [2.75, 3.05) is 0 Å². The van der Waals surface area contributed by atoms with Crippen LogP contribution in [0, 0.1) is 0 Å². The third kappa shape index (κ3) is 19.9. The average Bonchev–Trinajstić information content (AvgIpc) is 2.50. The van der Waals surface area contributed by atoms with E-state index in [9.17, 15) is 8.12 Å². The number of rotatable bonds is 17. The monoisotopic (exact) mass is 364 g/mol. The molecule has 0 aromatic heterocycles. The Labute approximate surface area is 149 Å². The van der Waals surface area contributed by atoms with Gasteiger partial charge in [-0.3, -0.25) is 0 Å². The summed E-state index contributed by atoms with van der Waals surface area (Å²) in [5.41, 5.74) is 0. The molecule has 0 saturated carbocycles. The molecule has 0 heterocycles. The molecule has 23 heavy (non-hydrogen) atoms. The van der Waals surface area contributed by atoms with Crippen LogP contribution in [-0.4, -0.2) is 9.66 Å². The molecule has 0 aromatic carbocycles. The molecule has 0 saturated heterocycles. The van der Waals surface area contributed by atoms with E-state index < -0.39 is 24.6 Å². The molecule has 1 N–H and O–H groups in total. The van der Waals surface area contributed by atoms with Crippen LogP contribution in [0.3, 0.4) is 0 Å². The van der Waals surface area contributed by atoms with Crippen molar-refractivity contribution in [2.24, 2.45) is 0 Å². The molecule has 0 bridgehead atoms. The van der Waals surface area contributed by atoms with Crippen molar-refractivity contribution in [1.82, 2.24) is 0 Å². The zero-order valence-corrected chi connectivity index (χ0v) is 16.5. The Balaban J connectivity index is 3.08. The van der Waals surface area contributed by atoms with E-state index >= 15 is 0 Å². The third-order valence-corrected chi connectivity index (χ3v) is 4.81. The van der Waals surface area contributed by atoms with Crippen molar-refractivity contribution in [3.8, 4) is 0 Å². The fourth-order valence-corrected chi connectivity index (χ4v) is 3.25. The van der Waals surface area contributed by atoms with E-state index in [4.69, 9.17) is 3.69 Å². The van der Waals surface area contributed by atoms with Gasteiger partial charge in [-0.05, 0) is 0 Å². The maximum absolute atomic E-state index is 11.0. The van der Waals surface area contributed by atoms with Crippen molar-refractivity contribution < 1.29 is 33.7 Å². The van der Waals surface area contributed by atoms with Crippen molar-refractivity contribution >= 4 is 5.97 Å². The van der Waals surface area contributed by atoms with Gasteiger partial charge in [-0.2, -0.15) is 0 Å². The van der Waals surface area contributed by atoms with Crippen LogP contribution >= 0.6 is 0 Å². The number of hydrogen-bond acceptors (Lipinski definition) is 3. The molecular weight excluding hydrogens is 328 g/mol. The molecule has 0 aliphatic rings. The zero-order chi connectivity index (χ0) is 17.2. The van der Waals surface area contributed by atoms with Crippen LogP contribution in [0.25, 0.3) is 0 Å². The van der Waals surface area contributed by atoms with E-state index in [0.29, 0.717) is 0 Å². The van der Waals surface area contributed by atoms with E-state index in [-0.39, 0.29) is 6.42 Å². The molecule has 5 heteroatoms. The Kier molecular flexibility index (Phi) is 18.2. The van der Waals surface area contributed by atoms with Crippen LogP contribution < -0.4 is 0 Å². The predicted molar refractivity (Wildman–Crippen MR) is 88.5 cm³/mol. The molecule has 0 radical (unpaired) electrons. The van der Waals surface area contributed by atoms with Gasteiger partial charge in [-0.25, -0.2) is 0 Å². The second-order valence-corrected chi connectivity index (χ2v) is 7.59. The molecule has 0 spiro atoms. The Morgan fingerprint density at radius 1 is 0.739 bits per heavy atom. The number of hydrogen-bond donors (Lipinski definition) is 1. The van der Waals surface area contributed by atoms with Gasteiger partial charge in [-0.15, -0.1) is 0 Å². The molecule has 0 aliphatic carbocycles. The molecule has 0 aliphatic heterocycles. The summed E-state index contributed by atoms with van der Waals surface area (Å²) >= 11 is -3.66. The summed E-state index contributed by atoms with van der Waals surface area (Å²) in [7, 11) is 0. The second-order valence-electron chi connectivity index (χ2n) is 6.44. The van der Waals surface area contributed by atoms with Gasteiger partial charge >= 0.3 is 104 Å². The summed E-state index contributed by atoms with van der Waals surface area (Å²) in [6.45, 7) is 2.26. The van der Waals surface area contributed by atoms with E-state index in [1.807, 2.05) is 0 Å². The minimum absolute atomic E-state index is 0.275.